The molecule has 0 bridgehead atoms. The Morgan fingerprint density at radius 3 is 2.33 bits per heavy atom. The standard InChI is InChI=1S/C22H29ClN2O4S/c1-7-20(17-9-11-21(29-5)15(3)12-17)24-22(26)16(4)25(30(6,27)28)18-10-8-14(2)19(23)13-18/h8-13,16,20H,7H2,1-6H3,(H,24,26)/t16-,20-/m0/s1. The van der Waals surface area contributed by atoms with Crippen LogP contribution < -0.4 is 14.4 Å². The molecule has 2 atom stereocenters. The molecule has 1 amide bonds. The van der Waals surface area contributed by atoms with E-state index in [0.29, 0.717) is 17.1 Å². The zero-order valence-electron chi connectivity index (χ0n) is 18.2. The zero-order valence-corrected chi connectivity index (χ0v) is 19.8. The second-order valence-electron chi connectivity index (χ2n) is 7.37. The summed E-state index contributed by atoms with van der Waals surface area (Å²) >= 11 is 6.19. The van der Waals surface area contributed by atoms with Crippen molar-refractivity contribution in [3.8, 4) is 5.75 Å². The first kappa shape index (κ1) is 24.0. The largest absolute Gasteiger partial charge is 0.496 e. The lowest BCUT2D eigenvalue weighted by atomic mass is 10.0. The molecule has 2 rings (SSSR count). The summed E-state index contributed by atoms with van der Waals surface area (Å²) in [4.78, 5) is 13.0. The van der Waals surface area contributed by atoms with Crippen molar-refractivity contribution in [2.75, 3.05) is 17.7 Å². The molecule has 0 saturated heterocycles. The molecule has 2 aromatic rings. The lowest BCUT2D eigenvalue weighted by molar-refractivity contribution is -0.122. The third-order valence-corrected chi connectivity index (χ3v) is 6.69. The molecule has 0 aromatic heterocycles. The first-order valence-corrected chi connectivity index (χ1v) is 11.9. The van der Waals surface area contributed by atoms with Crippen LogP contribution in [0.15, 0.2) is 36.4 Å². The Hall–Kier alpha value is -2.25. The highest BCUT2D eigenvalue weighted by atomic mass is 35.5. The number of sulfonamides is 1. The third kappa shape index (κ3) is 5.46. The summed E-state index contributed by atoms with van der Waals surface area (Å²) in [5.74, 6) is 0.380. The van der Waals surface area contributed by atoms with Crippen molar-refractivity contribution in [2.24, 2.45) is 0 Å². The fourth-order valence-electron chi connectivity index (χ4n) is 3.36. The van der Waals surface area contributed by atoms with Gasteiger partial charge < -0.3 is 10.1 Å². The van der Waals surface area contributed by atoms with Gasteiger partial charge >= 0.3 is 0 Å². The Bertz CT molecular complexity index is 1020. The van der Waals surface area contributed by atoms with E-state index in [2.05, 4.69) is 5.32 Å². The summed E-state index contributed by atoms with van der Waals surface area (Å²) in [7, 11) is -2.11. The molecule has 0 aliphatic rings. The van der Waals surface area contributed by atoms with Gasteiger partial charge in [-0.05, 0) is 62.1 Å². The van der Waals surface area contributed by atoms with Crippen molar-refractivity contribution < 1.29 is 17.9 Å². The molecule has 8 heteroatoms. The summed E-state index contributed by atoms with van der Waals surface area (Å²) in [6, 6.07) is 9.46. The van der Waals surface area contributed by atoms with Crippen molar-refractivity contribution in [1.82, 2.24) is 5.32 Å². The van der Waals surface area contributed by atoms with Crippen LogP contribution in [0.4, 0.5) is 5.69 Å². The summed E-state index contributed by atoms with van der Waals surface area (Å²) in [5.41, 5.74) is 3.07. The first-order valence-electron chi connectivity index (χ1n) is 9.70. The second kappa shape index (κ2) is 9.71. The number of hydrogen-bond donors (Lipinski definition) is 1. The van der Waals surface area contributed by atoms with E-state index in [1.165, 1.54) is 0 Å². The van der Waals surface area contributed by atoms with Gasteiger partial charge in [-0.3, -0.25) is 9.10 Å². The number of nitrogens with zero attached hydrogens (tertiary/aromatic N) is 1. The van der Waals surface area contributed by atoms with Crippen molar-refractivity contribution in [2.45, 2.75) is 46.2 Å². The Kier molecular flexibility index (Phi) is 7.77. The van der Waals surface area contributed by atoms with Crippen molar-refractivity contribution >= 4 is 33.2 Å². The van der Waals surface area contributed by atoms with Crippen LogP contribution in [0.5, 0.6) is 5.75 Å². The number of methoxy groups -OCH3 is 1. The van der Waals surface area contributed by atoms with E-state index >= 15 is 0 Å². The van der Waals surface area contributed by atoms with E-state index < -0.39 is 22.0 Å². The number of halogens is 1. The molecule has 2 aromatic carbocycles. The Morgan fingerprint density at radius 1 is 1.17 bits per heavy atom. The van der Waals surface area contributed by atoms with E-state index in [0.717, 1.165) is 33.0 Å². The van der Waals surface area contributed by atoms with Gasteiger partial charge in [-0.2, -0.15) is 0 Å². The number of ether oxygens (including phenoxy) is 1. The molecule has 0 aliphatic heterocycles. The Balaban J connectivity index is 2.31. The summed E-state index contributed by atoms with van der Waals surface area (Å²) < 4.78 is 31.4. The second-order valence-corrected chi connectivity index (χ2v) is 9.63. The van der Waals surface area contributed by atoms with Crippen LogP contribution in [0.2, 0.25) is 5.02 Å². The van der Waals surface area contributed by atoms with Crippen LogP contribution in [0.25, 0.3) is 0 Å². The SMILES string of the molecule is CC[C@H](NC(=O)[C@H](C)N(c1ccc(C)c(Cl)c1)S(C)(=O)=O)c1ccc(OC)c(C)c1. The molecule has 0 fully saturated rings. The van der Waals surface area contributed by atoms with Gasteiger partial charge in [0.05, 0.1) is 25.1 Å². The lowest BCUT2D eigenvalue weighted by Crippen LogP contribution is -2.48. The van der Waals surface area contributed by atoms with E-state index in [-0.39, 0.29) is 6.04 Å². The molecular weight excluding hydrogens is 424 g/mol. The molecule has 1 N–H and O–H groups in total. The molecule has 0 unspecified atom stereocenters. The van der Waals surface area contributed by atoms with Crippen molar-refractivity contribution in [3.05, 3.63) is 58.1 Å². The number of amides is 1. The van der Waals surface area contributed by atoms with Gasteiger partial charge in [-0.25, -0.2) is 8.42 Å². The number of nitrogens with one attached hydrogen (secondary N) is 1. The average Bonchev–Trinajstić information content (AvgIpc) is 2.67. The van der Waals surface area contributed by atoms with Crippen LogP contribution in [-0.4, -0.2) is 33.7 Å². The topological polar surface area (TPSA) is 75.7 Å². The number of anilines is 1. The Labute approximate surface area is 184 Å². The maximum Gasteiger partial charge on any atom is 0.244 e. The van der Waals surface area contributed by atoms with Gasteiger partial charge in [0, 0.05) is 5.02 Å². The zero-order chi connectivity index (χ0) is 22.6. The average molecular weight is 453 g/mol. The number of carbonyl (C=O) groups excluding carboxylic acids is 1. The monoisotopic (exact) mass is 452 g/mol. The minimum absolute atomic E-state index is 0.257. The fraction of sp³-hybridized carbons (Fsp3) is 0.409. The maximum absolute atomic E-state index is 13.0. The van der Waals surface area contributed by atoms with Crippen LogP contribution in [0, 0.1) is 13.8 Å². The first-order chi connectivity index (χ1) is 14.0. The van der Waals surface area contributed by atoms with E-state index in [1.807, 2.05) is 39.0 Å². The molecule has 0 saturated carbocycles. The number of aryl methyl sites for hydroxylation is 2. The van der Waals surface area contributed by atoms with E-state index in [9.17, 15) is 13.2 Å². The summed E-state index contributed by atoms with van der Waals surface area (Å²) in [5, 5.41) is 3.42. The highest BCUT2D eigenvalue weighted by Crippen LogP contribution is 2.28. The lowest BCUT2D eigenvalue weighted by Gasteiger charge is -2.30. The Morgan fingerprint density at radius 2 is 1.83 bits per heavy atom. The molecule has 164 valence electrons. The smallest absolute Gasteiger partial charge is 0.244 e. The van der Waals surface area contributed by atoms with Gasteiger partial charge in [-0.1, -0.05) is 36.7 Å². The third-order valence-electron chi connectivity index (χ3n) is 5.04. The summed E-state index contributed by atoms with van der Waals surface area (Å²) in [6.07, 6.45) is 1.73. The van der Waals surface area contributed by atoms with Crippen LogP contribution in [-0.2, 0) is 14.8 Å². The highest BCUT2D eigenvalue weighted by Gasteiger charge is 2.30. The minimum atomic E-state index is -3.72. The molecule has 6 nitrogen and oxygen atoms in total. The molecule has 30 heavy (non-hydrogen) atoms. The molecule has 0 aliphatic carbocycles. The highest BCUT2D eigenvalue weighted by molar-refractivity contribution is 7.92. The number of hydrogen-bond acceptors (Lipinski definition) is 4. The predicted octanol–water partition coefficient (Wildman–Crippen LogP) is 4.39. The fourth-order valence-corrected chi connectivity index (χ4v) is 4.70. The van der Waals surface area contributed by atoms with Crippen LogP contribution in [0.3, 0.4) is 0 Å². The van der Waals surface area contributed by atoms with Gasteiger partial charge in [-0.15, -0.1) is 0 Å². The van der Waals surface area contributed by atoms with Gasteiger partial charge in [0.2, 0.25) is 15.9 Å². The predicted molar refractivity (Wildman–Crippen MR) is 122 cm³/mol. The van der Waals surface area contributed by atoms with Gasteiger partial charge in [0.25, 0.3) is 0 Å². The van der Waals surface area contributed by atoms with Crippen LogP contribution in [0.1, 0.15) is 43.0 Å². The normalized spacial score (nSPS) is 13.4. The number of carbonyl (C=O) groups is 1. The molecule has 0 radical (unpaired) electrons. The van der Waals surface area contributed by atoms with E-state index in [1.54, 1.807) is 32.2 Å². The number of rotatable bonds is 8. The molecule has 0 heterocycles. The van der Waals surface area contributed by atoms with Crippen molar-refractivity contribution in [3.63, 3.8) is 0 Å². The summed E-state index contributed by atoms with van der Waals surface area (Å²) in [6.45, 7) is 7.29. The van der Waals surface area contributed by atoms with Gasteiger partial charge in [0.1, 0.15) is 11.8 Å². The van der Waals surface area contributed by atoms with Gasteiger partial charge in [0.15, 0.2) is 0 Å². The maximum atomic E-state index is 13.0. The quantitative estimate of drug-likeness (QED) is 0.644. The molecular formula is C22H29ClN2O4S. The van der Waals surface area contributed by atoms with E-state index in [4.69, 9.17) is 16.3 Å². The molecule has 0 spiro atoms. The van der Waals surface area contributed by atoms with Crippen LogP contribution >= 0.6 is 11.6 Å². The minimum Gasteiger partial charge on any atom is -0.496 e. The van der Waals surface area contributed by atoms with Crippen molar-refractivity contribution in [1.29, 1.82) is 0 Å². The number of benzene rings is 2.